The molecule has 1 saturated heterocycles. The van der Waals surface area contributed by atoms with Gasteiger partial charge in [-0.3, -0.25) is 0 Å². The van der Waals surface area contributed by atoms with Crippen LogP contribution in [0.3, 0.4) is 0 Å². The first kappa shape index (κ1) is 14.5. The lowest BCUT2D eigenvalue weighted by molar-refractivity contribution is -0.0203. The van der Waals surface area contributed by atoms with Gasteiger partial charge in [0.1, 0.15) is 6.10 Å². The molecule has 1 aromatic heterocycles. The molecule has 2 rings (SSSR count). The van der Waals surface area contributed by atoms with Crippen molar-refractivity contribution in [3.63, 3.8) is 0 Å². The van der Waals surface area contributed by atoms with E-state index in [4.69, 9.17) is 9.26 Å². The SMILES string of the molecule is CCOC(c1noc(C(C)C2CNC2)n1)C(C)(C)C. The molecule has 2 atom stereocenters. The van der Waals surface area contributed by atoms with E-state index in [0.717, 1.165) is 19.0 Å². The molecule has 1 aliphatic rings. The first-order valence-electron chi connectivity index (χ1n) is 7.09. The van der Waals surface area contributed by atoms with Crippen molar-refractivity contribution in [2.45, 2.75) is 46.6 Å². The summed E-state index contributed by atoms with van der Waals surface area (Å²) in [6.07, 6.45) is -0.123. The molecule has 5 heteroatoms. The van der Waals surface area contributed by atoms with Crippen molar-refractivity contribution in [1.29, 1.82) is 0 Å². The third-order valence-corrected chi connectivity index (χ3v) is 3.72. The molecular weight excluding hydrogens is 242 g/mol. The molecule has 0 amide bonds. The number of aromatic nitrogens is 2. The van der Waals surface area contributed by atoms with Gasteiger partial charge in [-0.2, -0.15) is 4.98 Å². The molecule has 0 bridgehead atoms. The second kappa shape index (κ2) is 5.59. The molecule has 5 nitrogen and oxygen atoms in total. The zero-order valence-corrected chi connectivity index (χ0v) is 12.6. The standard InChI is InChI=1S/C14H25N3O2/c1-6-18-11(14(3,4)5)12-16-13(19-17-12)9(2)10-7-15-8-10/h9-11,15H,6-8H2,1-5H3. The van der Waals surface area contributed by atoms with Crippen molar-refractivity contribution in [3.05, 3.63) is 11.7 Å². The highest BCUT2D eigenvalue weighted by Gasteiger charge is 2.34. The van der Waals surface area contributed by atoms with Gasteiger partial charge in [-0.25, -0.2) is 0 Å². The smallest absolute Gasteiger partial charge is 0.229 e. The molecule has 2 heterocycles. The number of hydrogen-bond acceptors (Lipinski definition) is 5. The molecular formula is C14H25N3O2. The molecule has 0 radical (unpaired) electrons. The van der Waals surface area contributed by atoms with Crippen LogP contribution in [0.2, 0.25) is 0 Å². The van der Waals surface area contributed by atoms with Crippen molar-refractivity contribution in [2.24, 2.45) is 11.3 Å². The van der Waals surface area contributed by atoms with Gasteiger partial charge in [0.25, 0.3) is 0 Å². The zero-order chi connectivity index (χ0) is 14.0. The van der Waals surface area contributed by atoms with E-state index in [-0.39, 0.29) is 11.5 Å². The van der Waals surface area contributed by atoms with Gasteiger partial charge in [0.05, 0.1) is 0 Å². The minimum absolute atomic E-state index is 0.0432. The number of nitrogens with one attached hydrogen (secondary N) is 1. The van der Waals surface area contributed by atoms with Crippen LogP contribution in [0.1, 0.15) is 58.4 Å². The van der Waals surface area contributed by atoms with Gasteiger partial charge in [0.2, 0.25) is 11.7 Å². The Balaban J connectivity index is 2.13. The fourth-order valence-electron chi connectivity index (χ4n) is 2.28. The number of rotatable bonds is 5. The molecule has 0 aromatic carbocycles. The Morgan fingerprint density at radius 1 is 1.42 bits per heavy atom. The maximum absolute atomic E-state index is 5.79. The fraction of sp³-hybridized carbons (Fsp3) is 0.857. The van der Waals surface area contributed by atoms with Crippen molar-refractivity contribution in [3.8, 4) is 0 Å². The van der Waals surface area contributed by atoms with Gasteiger partial charge in [0, 0.05) is 12.5 Å². The largest absolute Gasteiger partial charge is 0.370 e. The zero-order valence-electron chi connectivity index (χ0n) is 12.6. The molecule has 0 aliphatic carbocycles. The highest BCUT2D eigenvalue weighted by atomic mass is 16.5. The minimum Gasteiger partial charge on any atom is -0.370 e. The fourth-order valence-corrected chi connectivity index (χ4v) is 2.28. The van der Waals surface area contributed by atoms with Crippen LogP contribution in [0.15, 0.2) is 4.52 Å². The van der Waals surface area contributed by atoms with Crippen molar-refractivity contribution < 1.29 is 9.26 Å². The Morgan fingerprint density at radius 3 is 2.58 bits per heavy atom. The number of hydrogen-bond donors (Lipinski definition) is 1. The highest BCUT2D eigenvalue weighted by Crippen LogP contribution is 2.35. The van der Waals surface area contributed by atoms with Gasteiger partial charge < -0.3 is 14.6 Å². The summed E-state index contributed by atoms with van der Waals surface area (Å²) in [5.41, 5.74) is -0.0432. The summed E-state index contributed by atoms with van der Waals surface area (Å²) in [6.45, 7) is 13.2. The summed E-state index contributed by atoms with van der Waals surface area (Å²) in [5.74, 6) is 2.32. The van der Waals surface area contributed by atoms with Gasteiger partial charge in [-0.15, -0.1) is 0 Å². The van der Waals surface area contributed by atoms with E-state index in [2.05, 4.69) is 43.2 Å². The van der Waals surface area contributed by atoms with Gasteiger partial charge >= 0.3 is 0 Å². The summed E-state index contributed by atoms with van der Waals surface area (Å²) < 4.78 is 11.2. The normalized spacial score (nSPS) is 20.1. The Kier molecular flexibility index (Phi) is 4.26. The maximum atomic E-state index is 5.79. The lowest BCUT2D eigenvalue weighted by Crippen LogP contribution is -2.44. The summed E-state index contributed by atoms with van der Waals surface area (Å²) >= 11 is 0. The Hall–Kier alpha value is -0.940. The molecule has 1 aliphatic heterocycles. The number of ether oxygens (including phenoxy) is 1. The summed E-state index contributed by atoms with van der Waals surface area (Å²) in [4.78, 5) is 4.57. The van der Waals surface area contributed by atoms with E-state index < -0.39 is 0 Å². The average Bonchev–Trinajstić information content (AvgIpc) is 2.70. The predicted octanol–water partition coefficient (Wildman–Crippen LogP) is 2.52. The van der Waals surface area contributed by atoms with E-state index in [1.807, 2.05) is 6.92 Å². The van der Waals surface area contributed by atoms with Crippen LogP contribution in [-0.4, -0.2) is 29.8 Å². The Labute approximate surface area is 115 Å². The van der Waals surface area contributed by atoms with E-state index in [1.165, 1.54) is 0 Å². The summed E-state index contributed by atoms with van der Waals surface area (Å²) in [7, 11) is 0. The van der Waals surface area contributed by atoms with E-state index in [1.54, 1.807) is 0 Å². The van der Waals surface area contributed by atoms with Crippen LogP contribution in [0.25, 0.3) is 0 Å². The van der Waals surface area contributed by atoms with Gasteiger partial charge in [-0.1, -0.05) is 32.9 Å². The first-order valence-corrected chi connectivity index (χ1v) is 7.09. The first-order chi connectivity index (χ1) is 8.93. The lowest BCUT2D eigenvalue weighted by Gasteiger charge is -2.30. The molecule has 1 N–H and O–H groups in total. The van der Waals surface area contributed by atoms with Crippen LogP contribution < -0.4 is 5.32 Å². The second-order valence-electron chi connectivity index (χ2n) is 6.40. The molecule has 1 fully saturated rings. The maximum Gasteiger partial charge on any atom is 0.229 e. The van der Waals surface area contributed by atoms with Crippen molar-refractivity contribution >= 4 is 0 Å². The molecule has 19 heavy (non-hydrogen) atoms. The minimum atomic E-state index is -0.123. The Morgan fingerprint density at radius 2 is 2.11 bits per heavy atom. The van der Waals surface area contributed by atoms with Crippen LogP contribution in [0.4, 0.5) is 0 Å². The second-order valence-corrected chi connectivity index (χ2v) is 6.40. The van der Waals surface area contributed by atoms with Crippen LogP contribution in [0.5, 0.6) is 0 Å². The third kappa shape index (κ3) is 3.15. The molecule has 1 aromatic rings. The summed E-state index contributed by atoms with van der Waals surface area (Å²) in [5, 5.41) is 7.40. The quantitative estimate of drug-likeness (QED) is 0.888. The molecule has 0 spiro atoms. The van der Waals surface area contributed by atoms with Crippen LogP contribution in [0, 0.1) is 11.3 Å². The molecule has 0 saturated carbocycles. The average molecular weight is 267 g/mol. The number of nitrogens with zero attached hydrogens (tertiary/aromatic N) is 2. The van der Waals surface area contributed by atoms with Crippen LogP contribution >= 0.6 is 0 Å². The van der Waals surface area contributed by atoms with Gasteiger partial charge in [-0.05, 0) is 31.3 Å². The van der Waals surface area contributed by atoms with Crippen molar-refractivity contribution in [2.75, 3.05) is 19.7 Å². The van der Waals surface area contributed by atoms with E-state index in [9.17, 15) is 0 Å². The van der Waals surface area contributed by atoms with Gasteiger partial charge in [0.15, 0.2) is 0 Å². The van der Waals surface area contributed by atoms with E-state index >= 15 is 0 Å². The van der Waals surface area contributed by atoms with Crippen molar-refractivity contribution in [1.82, 2.24) is 15.5 Å². The highest BCUT2D eigenvalue weighted by molar-refractivity contribution is 5.02. The molecule has 2 unspecified atom stereocenters. The lowest BCUT2D eigenvalue weighted by atomic mass is 9.88. The monoisotopic (exact) mass is 267 g/mol. The summed E-state index contributed by atoms with van der Waals surface area (Å²) in [6, 6.07) is 0. The third-order valence-electron chi connectivity index (χ3n) is 3.72. The van der Waals surface area contributed by atoms with Crippen LogP contribution in [-0.2, 0) is 4.74 Å². The Bertz CT molecular complexity index is 407. The molecule has 108 valence electrons. The van der Waals surface area contributed by atoms with E-state index in [0.29, 0.717) is 24.3 Å². The topological polar surface area (TPSA) is 60.2 Å². The predicted molar refractivity (Wildman–Crippen MR) is 72.9 cm³/mol.